The van der Waals surface area contributed by atoms with Crippen molar-refractivity contribution in [2.45, 2.75) is 52.0 Å². The van der Waals surface area contributed by atoms with Crippen molar-refractivity contribution in [3.8, 4) is 0 Å². The molecule has 1 aromatic carbocycles. The summed E-state index contributed by atoms with van der Waals surface area (Å²) in [4.78, 5) is 12.9. The van der Waals surface area contributed by atoms with E-state index in [9.17, 15) is 4.79 Å². The summed E-state index contributed by atoms with van der Waals surface area (Å²) in [6, 6.07) is 13.6. The fourth-order valence-corrected chi connectivity index (χ4v) is 3.42. The van der Waals surface area contributed by atoms with Gasteiger partial charge in [-0.05, 0) is 39.3 Å². The molecule has 1 aliphatic heterocycles. The minimum atomic E-state index is -0.431. The minimum Gasteiger partial charge on any atom is -0.445 e. The molecule has 0 radical (unpaired) electrons. The van der Waals surface area contributed by atoms with Crippen molar-refractivity contribution in [1.82, 2.24) is 5.32 Å². The molecule has 2 heterocycles. The Bertz CT molecular complexity index is 744. The van der Waals surface area contributed by atoms with Gasteiger partial charge in [-0.2, -0.15) is 0 Å². The second-order valence-corrected chi connectivity index (χ2v) is 8.51. The van der Waals surface area contributed by atoms with E-state index < -0.39 is 6.09 Å². The second-order valence-electron chi connectivity index (χ2n) is 7.31. The number of ether oxygens (including phenoxy) is 1. The van der Waals surface area contributed by atoms with Crippen molar-refractivity contribution in [3.63, 3.8) is 0 Å². The maximum Gasteiger partial charge on any atom is 0.505 e. The largest absolute Gasteiger partial charge is 0.505 e. The third-order valence-electron chi connectivity index (χ3n) is 4.79. The van der Waals surface area contributed by atoms with Crippen LogP contribution in [0.4, 0.5) is 4.79 Å². The molecule has 1 aliphatic rings. The summed E-state index contributed by atoms with van der Waals surface area (Å²) in [7, 11) is -0.371. The molecule has 26 heavy (non-hydrogen) atoms. The molecule has 5 nitrogen and oxygen atoms in total. The van der Waals surface area contributed by atoms with Crippen molar-refractivity contribution in [2.24, 2.45) is 0 Å². The summed E-state index contributed by atoms with van der Waals surface area (Å²) >= 11 is 1.57. The van der Waals surface area contributed by atoms with Crippen LogP contribution in [0.1, 0.15) is 38.1 Å². The van der Waals surface area contributed by atoms with Crippen LogP contribution in [-0.4, -0.2) is 24.4 Å². The Labute approximate surface area is 158 Å². The summed E-state index contributed by atoms with van der Waals surface area (Å²) in [6.07, 6.45) is -0.431. The van der Waals surface area contributed by atoms with Gasteiger partial charge in [-0.1, -0.05) is 36.4 Å². The molecule has 0 atom stereocenters. The lowest BCUT2D eigenvalue weighted by atomic mass is 9.88. The zero-order chi connectivity index (χ0) is 18.8. The molecule has 1 fully saturated rings. The number of thiophene rings is 1. The standard InChI is InChI=1S/C19H24BNO4S/c1-18(2)19(3,4)25-20(24-18)16-11-10-15(26-16)12-21-17(22)23-13-14-8-6-5-7-9-14/h5-11H,12-13H2,1-4H3,(H,21,22). The summed E-state index contributed by atoms with van der Waals surface area (Å²) in [5.41, 5.74) is 0.240. The lowest BCUT2D eigenvalue weighted by molar-refractivity contribution is 0.00578. The van der Waals surface area contributed by atoms with Crippen molar-refractivity contribution >= 4 is 29.3 Å². The van der Waals surface area contributed by atoms with E-state index in [1.165, 1.54) is 0 Å². The third-order valence-corrected chi connectivity index (χ3v) is 5.89. The summed E-state index contributed by atoms with van der Waals surface area (Å²) < 4.78 is 18.3. The van der Waals surface area contributed by atoms with E-state index in [0.717, 1.165) is 15.2 Å². The summed E-state index contributed by atoms with van der Waals surface area (Å²) in [6.45, 7) is 8.81. The van der Waals surface area contributed by atoms with E-state index in [-0.39, 0.29) is 24.9 Å². The molecule has 0 aliphatic carbocycles. The highest BCUT2D eigenvalue weighted by atomic mass is 32.1. The minimum absolute atomic E-state index is 0.260. The smallest absolute Gasteiger partial charge is 0.445 e. The highest BCUT2D eigenvalue weighted by molar-refractivity contribution is 7.22. The van der Waals surface area contributed by atoms with Gasteiger partial charge in [0, 0.05) is 9.65 Å². The lowest BCUT2D eigenvalue weighted by Gasteiger charge is -2.32. The fourth-order valence-electron chi connectivity index (χ4n) is 2.51. The van der Waals surface area contributed by atoms with E-state index >= 15 is 0 Å². The maximum atomic E-state index is 11.8. The Morgan fingerprint density at radius 2 is 1.73 bits per heavy atom. The number of alkyl carbamates (subject to hydrolysis) is 1. The van der Waals surface area contributed by atoms with Crippen LogP contribution in [0.25, 0.3) is 0 Å². The first-order chi connectivity index (χ1) is 12.3. The fraction of sp³-hybridized carbons (Fsp3) is 0.421. The van der Waals surface area contributed by atoms with Crippen molar-refractivity contribution in [3.05, 3.63) is 52.9 Å². The zero-order valence-corrected chi connectivity index (χ0v) is 16.4. The predicted octanol–water partition coefficient (Wildman–Crippen LogP) is 3.47. The SMILES string of the molecule is CC1(C)OB(c2ccc(CNC(=O)OCc3ccccc3)s2)OC1(C)C. The number of benzene rings is 1. The average Bonchev–Trinajstić information content (AvgIpc) is 3.14. The summed E-state index contributed by atoms with van der Waals surface area (Å²) in [5.74, 6) is 0. The molecule has 2 aromatic rings. The monoisotopic (exact) mass is 373 g/mol. The lowest BCUT2D eigenvalue weighted by Crippen LogP contribution is -2.41. The van der Waals surface area contributed by atoms with Crippen molar-refractivity contribution < 1.29 is 18.8 Å². The van der Waals surface area contributed by atoms with Gasteiger partial charge in [-0.15, -0.1) is 11.3 Å². The Morgan fingerprint density at radius 1 is 1.08 bits per heavy atom. The quantitative estimate of drug-likeness (QED) is 0.816. The molecule has 3 rings (SSSR count). The van der Waals surface area contributed by atoms with Crippen LogP contribution in [0.5, 0.6) is 0 Å². The van der Waals surface area contributed by atoms with Crippen molar-refractivity contribution in [1.29, 1.82) is 0 Å². The number of carbonyl (C=O) groups is 1. The molecule has 1 saturated heterocycles. The second kappa shape index (κ2) is 7.43. The maximum absolute atomic E-state index is 11.8. The number of amides is 1. The van der Waals surface area contributed by atoms with Crippen LogP contribution in [0.2, 0.25) is 0 Å². The molecule has 0 unspecified atom stereocenters. The number of carbonyl (C=O) groups excluding carboxylic acids is 1. The van der Waals surface area contributed by atoms with Crippen LogP contribution in [0.3, 0.4) is 0 Å². The number of rotatable bonds is 5. The van der Waals surface area contributed by atoms with Crippen LogP contribution in [0, 0.1) is 0 Å². The van der Waals surface area contributed by atoms with Gasteiger partial charge in [-0.25, -0.2) is 4.79 Å². The van der Waals surface area contributed by atoms with E-state index in [4.69, 9.17) is 14.0 Å². The Kier molecular flexibility index (Phi) is 5.41. The van der Waals surface area contributed by atoms with Gasteiger partial charge in [0.25, 0.3) is 0 Å². The van der Waals surface area contributed by atoms with E-state index in [2.05, 4.69) is 5.32 Å². The molecule has 1 aromatic heterocycles. The number of hydrogen-bond acceptors (Lipinski definition) is 5. The number of hydrogen-bond donors (Lipinski definition) is 1. The van der Waals surface area contributed by atoms with Crippen LogP contribution < -0.4 is 10.1 Å². The Morgan fingerprint density at radius 3 is 2.38 bits per heavy atom. The molecule has 0 bridgehead atoms. The van der Waals surface area contributed by atoms with Gasteiger partial charge in [0.1, 0.15) is 6.61 Å². The molecule has 1 N–H and O–H groups in total. The van der Waals surface area contributed by atoms with Crippen molar-refractivity contribution in [2.75, 3.05) is 0 Å². The van der Waals surface area contributed by atoms with Crippen LogP contribution in [-0.2, 0) is 27.2 Å². The number of nitrogens with one attached hydrogen (secondary N) is 1. The first-order valence-corrected chi connectivity index (χ1v) is 9.47. The van der Waals surface area contributed by atoms with E-state index in [1.54, 1.807) is 11.3 Å². The molecule has 1 amide bonds. The van der Waals surface area contributed by atoms with Gasteiger partial charge in [0.15, 0.2) is 0 Å². The molecule has 0 spiro atoms. The zero-order valence-electron chi connectivity index (χ0n) is 15.6. The van der Waals surface area contributed by atoms with Crippen LogP contribution >= 0.6 is 11.3 Å². The van der Waals surface area contributed by atoms with Gasteiger partial charge in [0.2, 0.25) is 0 Å². The first kappa shape index (κ1) is 19.0. The molecular weight excluding hydrogens is 349 g/mol. The highest BCUT2D eigenvalue weighted by Gasteiger charge is 2.52. The molecule has 7 heteroatoms. The van der Waals surface area contributed by atoms with Gasteiger partial charge >= 0.3 is 13.2 Å². The average molecular weight is 373 g/mol. The van der Waals surface area contributed by atoms with E-state index in [1.807, 2.05) is 70.2 Å². The topological polar surface area (TPSA) is 56.8 Å². The van der Waals surface area contributed by atoms with E-state index in [0.29, 0.717) is 6.54 Å². The predicted molar refractivity (Wildman–Crippen MR) is 104 cm³/mol. The Balaban J connectivity index is 1.49. The van der Waals surface area contributed by atoms with Gasteiger partial charge < -0.3 is 19.4 Å². The van der Waals surface area contributed by atoms with Crippen LogP contribution in [0.15, 0.2) is 42.5 Å². The van der Waals surface area contributed by atoms with Gasteiger partial charge in [0.05, 0.1) is 17.7 Å². The normalized spacial score (nSPS) is 17.9. The Hall–Kier alpha value is -1.83. The highest BCUT2D eigenvalue weighted by Crippen LogP contribution is 2.36. The third kappa shape index (κ3) is 4.28. The summed E-state index contributed by atoms with van der Waals surface area (Å²) in [5, 5.41) is 2.77. The molecular formula is C19H24BNO4S. The molecule has 138 valence electrons. The van der Waals surface area contributed by atoms with Gasteiger partial charge in [-0.3, -0.25) is 0 Å². The molecule has 0 saturated carbocycles. The first-order valence-electron chi connectivity index (χ1n) is 8.66.